The van der Waals surface area contributed by atoms with Gasteiger partial charge in [0, 0.05) is 5.39 Å². The number of hydrogen-bond donors (Lipinski definition) is 1. The van der Waals surface area contributed by atoms with E-state index >= 15 is 0 Å². The summed E-state index contributed by atoms with van der Waals surface area (Å²) < 4.78 is 40.3. The molecule has 3 aromatic rings. The maximum absolute atomic E-state index is 13.6. The van der Waals surface area contributed by atoms with Crippen LogP contribution in [0.25, 0.3) is 10.9 Å². The summed E-state index contributed by atoms with van der Waals surface area (Å²) >= 11 is 0. The SMILES string of the molecule is O=S(=O)(Nc1cnc2ccccc2c1)c1ccccc1F. The molecule has 4 nitrogen and oxygen atoms in total. The standard InChI is InChI=1S/C15H11FN2O2S/c16-13-6-2-4-8-15(13)21(19,20)18-12-9-11-5-1-3-7-14(11)17-10-12/h1-10,18H. The molecule has 0 aliphatic rings. The Kier molecular flexibility index (Phi) is 3.31. The number of halogens is 1. The second-order valence-corrected chi connectivity index (χ2v) is 6.10. The maximum atomic E-state index is 13.6. The van der Waals surface area contributed by atoms with E-state index in [-0.39, 0.29) is 5.69 Å². The van der Waals surface area contributed by atoms with Gasteiger partial charge in [-0.25, -0.2) is 12.8 Å². The van der Waals surface area contributed by atoms with Crippen molar-refractivity contribution in [2.75, 3.05) is 4.72 Å². The number of hydrogen-bond acceptors (Lipinski definition) is 3. The summed E-state index contributed by atoms with van der Waals surface area (Å²) in [5.41, 5.74) is 1.04. The third kappa shape index (κ3) is 2.71. The molecule has 0 bridgehead atoms. The quantitative estimate of drug-likeness (QED) is 0.808. The molecule has 6 heteroatoms. The molecule has 0 unspecified atom stereocenters. The number of rotatable bonds is 3. The molecular weight excluding hydrogens is 291 g/mol. The molecule has 0 fully saturated rings. The van der Waals surface area contributed by atoms with Crippen molar-refractivity contribution in [2.24, 2.45) is 0 Å². The Morgan fingerprint density at radius 3 is 2.52 bits per heavy atom. The first kappa shape index (κ1) is 13.5. The molecule has 1 N–H and O–H groups in total. The van der Waals surface area contributed by atoms with Gasteiger partial charge in [0.15, 0.2) is 0 Å². The minimum Gasteiger partial charge on any atom is -0.278 e. The molecule has 106 valence electrons. The number of pyridine rings is 1. The van der Waals surface area contributed by atoms with Crippen LogP contribution in [0.2, 0.25) is 0 Å². The lowest BCUT2D eigenvalue weighted by Gasteiger charge is -2.09. The Hall–Kier alpha value is -2.47. The lowest BCUT2D eigenvalue weighted by atomic mass is 10.2. The van der Waals surface area contributed by atoms with E-state index in [4.69, 9.17) is 0 Å². The van der Waals surface area contributed by atoms with Crippen LogP contribution in [0.3, 0.4) is 0 Å². The molecule has 1 aromatic heterocycles. The Balaban J connectivity index is 1.99. The van der Waals surface area contributed by atoms with Gasteiger partial charge in [-0.15, -0.1) is 0 Å². The van der Waals surface area contributed by atoms with Gasteiger partial charge >= 0.3 is 0 Å². The number of fused-ring (bicyclic) bond motifs is 1. The molecule has 0 aliphatic heterocycles. The predicted molar refractivity (Wildman–Crippen MR) is 79.0 cm³/mol. The van der Waals surface area contributed by atoms with Crippen LogP contribution in [-0.4, -0.2) is 13.4 Å². The molecule has 2 aromatic carbocycles. The zero-order valence-electron chi connectivity index (χ0n) is 10.8. The molecule has 0 saturated heterocycles. The lowest BCUT2D eigenvalue weighted by molar-refractivity contribution is 0.570. The molecule has 0 radical (unpaired) electrons. The van der Waals surface area contributed by atoms with Crippen LogP contribution in [0, 0.1) is 5.82 Å². The largest absolute Gasteiger partial charge is 0.278 e. The van der Waals surface area contributed by atoms with Crippen LogP contribution in [-0.2, 0) is 10.0 Å². The van der Waals surface area contributed by atoms with Crippen molar-refractivity contribution in [3.05, 3.63) is 66.6 Å². The van der Waals surface area contributed by atoms with Gasteiger partial charge in [-0.3, -0.25) is 9.71 Å². The van der Waals surface area contributed by atoms with Crippen LogP contribution in [0.5, 0.6) is 0 Å². The summed E-state index contributed by atoms with van der Waals surface area (Å²) in [7, 11) is -3.98. The first-order chi connectivity index (χ1) is 10.1. The monoisotopic (exact) mass is 302 g/mol. The number of nitrogens with zero attached hydrogens (tertiary/aromatic N) is 1. The summed E-state index contributed by atoms with van der Waals surface area (Å²) in [5, 5.41) is 0.797. The van der Waals surface area contributed by atoms with Crippen molar-refractivity contribution < 1.29 is 12.8 Å². The molecular formula is C15H11FN2O2S. The normalized spacial score (nSPS) is 11.5. The highest BCUT2D eigenvalue weighted by Crippen LogP contribution is 2.21. The lowest BCUT2D eigenvalue weighted by Crippen LogP contribution is -2.14. The summed E-state index contributed by atoms with van der Waals surface area (Å²) in [6.45, 7) is 0. The Morgan fingerprint density at radius 1 is 1.00 bits per heavy atom. The summed E-state index contributed by atoms with van der Waals surface area (Å²) in [6, 6.07) is 14.2. The molecule has 0 atom stereocenters. The number of para-hydroxylation sites is 1. The van der Waals surface area contributed by atoms with E-state index < -0.39 is 20.7 Å². The van der Waals surface area contributed by atoms with E-state index in [1.54, 1.807) is 6.07 Å². The first-order valence-corrected chi connectivity index (χ1v) is 7.67. The highest BCUT2D eigenvalue weighted by atomic mass is 32.2. The molecule has 0 spiro atoms. The minimum absolute atomic E-state index is 0.289. The molecule has 0 aliphatic carbocycles. The van der Waals surface area contributed by atoms with E-state index in [0.717, 1.165) is 17.0 Å². The van der Waals surface area contributed by atoms with Crippen LogP contribution in [0.4, 0.5) is 10.1 Å². The molecule has 0 saturated carbocycles. The van der Waals surface area contributed by atoms with Crippen molar-refractivity contribution in [1.29, 1.82) is 0 Å². The van der Waals surface area contributed by atoms with Gasteiger partial charge in [0.2, 0.25) is 0 Å². The average Bonchev–Trinajstić information content (AvgIpc) is 2.47. The molecule has 1 heterocycles. The van der Waals surface area contributed by atoms with E-state index in [0.29, 0.717) is 0 Å². The van der Waals surface area contributed by atoms with Crippen LogP contribution in [0.1, 0.15) is 0 Å². The maximum Gasteiger partial charge on any atom is 0.264 e. The highest BCUT2D eigenvalue weighted by Gasteiger charge is 2.18. The number of anilines is 1. The summed E-state index contributed by atoms with van der Waals surface area (Å²) in [6.07, 6.45) is 1.40. The second-order valence-electron chi connectivity index (χ2n) is 4.45. The number of sulfonamides is 1. The molecule has 0 amide bonds. The predicted octanol–water partition coefficient (Wildman–Crippen LogP) is 3.17. The fourth-order valence-corrected chi connectivity index (χ4v) is 3.11. The van der Waals surface area contributed by atoms with Crippen molar-refractivity contribution in [1.82, 2.24) is 4.98 Å². The minimum atomic E-state index is -3.98. The fourth-order valence-electron chi connectivity index (χ4n) is 2.00. The van der Waals surface area contributed by atoms with E-state index in [1.807, 2.05) is 24.3 Å². The summed E-state index contributed by atoms with van der Waals surface area (Å²) in [4.78, 5) is 3.77. The van der Waals surface area contributed by atoms with Crippen molar-refractivity contribution >= 4 is 26.6 Å². The highest BCUT2D eigenvalue weighted by molar-refractivity contribution is 7.92. The van der Waals surface area contributed by atoms with Gasteiger partial charge < -0.3 is 0 Å². The van der Waals surface area contributed by atoms with Crippen molar-refractivity contribution in [2.45, 2.75) is 4.90 Å². The van der Waals surface area contributed by atoms with Gasteiger partial charge in [-0.2, -0.15) is 0 Å². The number of aromatic nitrogens is 1. The van der Waals surface area contributed by atoms with Gasteiger partial charge in [0.05, 0.1) is 17.4 Å². The van der Waals surface area contributed by atoms with Crippen LogP contribution >= 0.6 is 0 Å². The Morgan fingerprint density at radius 2 is 1.71 bits per heavy atom. The van der Waals surface area contributed by atoms with Crippen molar-refractivity contribution in [3.8, 4) is 0 Å². The fraction of sp³-hybridized carbons (Fsp3) is 0. The van der Waals surface area contributed by atoms with Gasteiger partial charge in [-0.05, 0) is 24.3 Å². The third-order valence-corrected chi connectivity index (χ3v) is 4.38. The van der Waals surface area contributed by atoms with Gasteiger partial charge in [0.25, 0.3) is 10.0 Å². The van der Waals surface area contributed by atoms with Gasteiger partial charge in [0.1, 0.15) is 10.7 Å². The van der Waals surface area contributed by atoms with Crippen molar-refractivity contribution in [3.63, 3.8) is 0 Å². The number of nitrogens with one attached hydrogen (secondary N) is 1. The third-order valence-electron chi connectivity index (χ3n) is 2.97. The Bertz CT molecular complexity index is 910. The average molecular weight is 302 g/mol. The Labute approximate surface area is 121 Å². The molecule has 3 rings (SSSR count). The topological polar surface area (TPSA) is 59.1 Å². The zero-order valence-corrected chi connectivity index (χ0v) is 11.6. The smallest absolute Gasteiger partial charge is 0.264 e. The zero-order chi connectivity index (χ0) is 14.9. The van der Waals surface area contributed by atoms with E-state index in [2.05, 4.69) is 9.71 Å². The van der Waals surface area contributed by atoms with E-state index in [9.17, 15) is 12.8 Å². The van der Waals surface area contributed by atoms with Crippen LogP contribution in [0.15, 0.2) is 65.7 Å². The van der Waals surface area contributed by atoms with Gasteiger partial charge in [-0.1, -0.05) is 30.3 Å². The number of benzene rings is 2. The first-order valence-electron chi connectivity index (χ1n) is 6.18. The van der Waals surface area contributed by atoms with Crippen LogP contribution < -0.4 is 4.72 Å². The molecule has 21 heavy (non-hydrogen) atoms. The van der Waals surface area contributed by atoms with E-state index in [1.165, 1.54) is 24.4 Å². The second kappa shape index (κ2) is 5.14. The summed E-state index contributed by atoms with van der Waals surface area (Å²) in [5.74, 6) is -0.793.